The van der Waals surface area contributed by atoms with Crippen LogP contribution in [0.2, 0.25) is 0 Å². The second kappa shape index (κ2) is 6.09. The number of azo groups is 1. The predicted octanol–water partition coefficient (Wildman–Crippen LogP) is 4.09. The first-order chi connectivity index (χ1) is 9.99. The highest BCUT2D eigenvalue weighted by molar-refractivity contribution is 6.10. The first-order valence-electron chi connectivity index (χ1n) is 6.41. The van der Waals surface area contributed by atoms with Gasteiger partial charge in [-0.15, -0.1) is 5.11 Å². The number of Topliss-reactive ketones (excluding diaryl/α,β-unsaturated/α-hetero) is 2. The van der Waals surface area contributed by atoms with E-state index in [1.165, 1.54) is 13.8 Å². The first kappa shape index (κ1) is 14.6. The van der Waals surface area contributed by atoms with Gasteiger partial charge in [-0.1, -0.05) is 12.1 Å². The molecule has 0 amide bonds. The Balaban J connectivity index is 2.44. The topological polar surface area (TPSA) is 84.9 Å². The Hall–Kier alpha value is -2.82. The molecule has 0 aliphatic carbocycles. The Morgan fingerprint density at radius 2 is 1.57 bits per heavy atom. The van der Waals surface area contributed by atoms with Crippen molar-refractivity contribution in [1.29, 1.82) is 0 Å². The number of carbonyl (C=O) groups is 2. The molecular formula is C16H15N3O2. The number of nitrogens with zero attached hydrogens (tertiary/aromatic N) is 2. The largest absolute Gasteiger partial charge is 0.399 e. The van der Waals surface area contributed by atoms with Crippen LogP contribution in [0.4, 0.5) is 17.1 Å². The van der Waals surface area contributed by atoms with E-state index in [4.69, 9.17) is 5.73 Å². The second-order valence-corrected chi connectivity index (χ2v) is 4.60. The minimum absolute atomic E-state index is 0.176. The Labute approximate surface area is 122 Å². The summed E-state index contributed by atoms with van der Waals surface area (Å²) in [5.74, 6) is -0.392. The van der Waals surface area contributed by atoms with Gasteiger partial charge in [-0.25, -0.2) is 0 Å². The van der Waals surface area contributed by atoms with Gasteiger partial charge >= 0.3 is 0 Å². The van der Waals surface area contributed by atoms with Crippen molar-refractivity contribution in [3.05, 3.63) is 53.6 Å². The monoisotopic (exact) mass is 281 g/mol. The minimum Gasteiger partial charge on any atom is -0.399 e. The minimum atomic E-state index is -0.216. The molecule has 0 aliphatic heterocycles. The molecule has 0 aromatic heterocycles. The van der Waals surface area contributed by atoms with Gasteiger partial charge in [0.25, 0.3) is 0 Å². The van der Waals surface area contributed by atoms with Crippen molar-refractivity contribution in [2.75, 3.05) is 5.73 Å². The molecule has 0 fully saturated rings. The molecule has 0 bridgehead atoms. The zero-order chi connectivity index (χ0) is 15.4. The summed E-state index contributed by atoms with van der Waals surface area (Å²) in [6.07, 6.45) is 0. The van der Waals surface area contributed by atoms with Gasteiger partial charge in [0.05, 0.1) is 16.9 Å². The lowest BCUT2D eigenvalue weighted by Gasteiger charge is -2.06. The van der Waals surface area contributed by atoms with Crippen LogP contribution in [0.5, 0.6) is 0 Å². The summed E-state index contributed by atoms with van der Waals surface area (Å²) < 4.78 is 0. The van der Waals surface area contributed by atoms with E-state index < -0.39 is 0 Å². The number of benzene rings is 2. The molecule has 0 aliphatic rings. The van der Waals surface area contributed by atoms with Crippen molar-refractivity contribution in [1.82, 2.24) is 0 Å². The molecule has 5 nitrogen and oxygen atoms in total. The highest BCUT2D eigenvalue weighted by Crippen LogP contribution is 2.26. The van der Waals surface area contributed by atoms with Crippen LogP contribution < -0.4 is 5.73 Å². The maximum absolute atomic E-state index is 11.8. The standard InChI is InChI=1S/C16H15N3O2/c1-10(20)14-4-3-5-15(16(14)11(2)21)19-18-13-8-6-12(17)7-9-13/h3-9H,17H2,1-2H3. The van der Waals surface area contributed by atoms with Crippen LogP contribution in [0.3, 0.4) is 0 Å². The number of nitrogens with two attached hydrogens (primary N) is 1. The molecule has 21 heavy (non-hydrogen) atoms. The Morgan fingerprint density at radius 1 is 0.905 bits per heavy atom. The molecular weight excluding hydrogens is 266 g/mol. The number of ketones is 2. The molecule has 0 radical (unpaired) electrons. The lowest BCUT2D eigenvalue weighted by atomic mass is 10.00. The van der Waals surface area contributed by atoms with E-state index in [9.17, 15) is 9.59 Å². The molecule has 0 unspecified atom stereocenters. The first-order valence-corrected chi connectivity index (χ1v) is 6.41. The summed E-state index contributed by atoms with van der Waals surface area (Å²) in [5, 5.41) is 8.15. The van der Waals surface area contributed by atoms with Crippen LogP contribution >= 0.6 is 0 Å². The van der Waals surface area contributed by atoms with Crippen LogP contribution in [-0.2, 0) is 0 Å². The smallest absolute Gasteiger partial charge is 0.162 e. The number of rotatable bonds is 4. The summed E-state index contributed by atoms with van der Waals surface area (Å²) >= 11 is 0. The van der Waals surface area contributed by atoms with Crippen molar-refractivity contribution in [2.45, 2.75) is 13.8 Å². The van der Waals surface area contributed by atoms with E-state index in [0.29, 0.717) is 28.2 Å². The molecule has 0 spiro atoms. The summed E-state index contributed by atoms with van der Waals surface area (Å²) in [7, 11) is 0. The highest BCUT2D eigenvalue weighted by atomic mass is 16.1. The Kier molecular flexibility index (Phi) is 4.23. The van der Waals surface area contributed by atoms with Gasteiger partial charge in [0.2, 0.25) is 0 Å². The van der Waals surface area contributed by atoms with Gasteiger partial charge < -0.3 is 5.73 Å². The van der Waals surface area contributed by atoms with E-state index in [-0.39, 0.29) is 11.6 Å². The van der Waals surface area contributed by atoms with Crippen molar-refractivity contribution < 1.29 is 9.59 Å². The van der Waals surface area contributed by atoms with Crippen molar-refractivity contribution in [3.8, 4) is 0 Å². The lowest BCUT2D eigenvalue weighted by molar-refractivity contribution is 0.0981. The van der Waals surface area contributed by atoms with Crippen LogP contribution in [-0.4, -0.2) is 11.6 Å². The molecule has 0 heterocycles. The van der Waals surface area contributed by atoms with E-state index in [2.05, 4.69) is 10.2 Å². The van der Waals surface area contributed by atoms with Crippen LogP contribution in [0.25, 0.3) is 0 Å². The van der Waals surface area contributed by atoms with Gasteiger partial charge in [0.15, 0.2) is 11.6 Å². The van der Waals surface area contributed by atoms with Gasteiger partial charge in [-0.05, 0) is 44.2 Å². The predicted molar refractivity (Wildman–Crippen MR) is 81.5 cm³/mol. The molecule has 0 atom stereocenters. The van der Waals surface area contributed by atoms with Gasteiger partial charge in [-0.2, -0.15) is 5.11 Å². The maximum Gasteiger partial charge on any atom is 0.162 e. The van der Waals surface area contributed by atoms with Gasteiger partial charge in [0.1, 0.15) is 0 Å². The number of nitrogen functional groups attached to an aromatic ring is 1. The molecule has 106 valence electrons. The summed E-state index contributed by atoms with van der Waals surface area (Å²) in [5.41, 5.74) is 7.88. The van der Waals surface area contributed by atoms with Crippen LogP contribution in [0.15, 0.2) is 52.7 Å². The van der Waals surface area contributed by atoms with Crippen molar-refractivity contribution in [3.63, 3.8) is 0 Å². The van der Waals surface area contributed by atoms with E-state index >= 15 is 0 Å². The van der Waals surface area contributed by atoms with E-state index in [1.54, 1.807) is 42.5 Å². The molecule has 2 aromatic carbocycles. The second-order valence-electron chi connectivity index (χ2n) is 4.60. The molecule has 0 saturated heterocycles. The average molecular weight is 281 g/mol. The van der Waals surface area contributed by atoms with Gasteiger partial charge in [-0.3, -0.25) is 9.59 Å². The van der Waals surface area contributed by atoms with E-state index in [1.807, 2.05) is 0 Å². The lowest BCUT2D eigenvalue weighted by Crippen LogP contribution is -2.04. The fourth-order valence-electron chi connectivity index (χ4n) is 1.94. The van der Waals surface area contributed by atoms with Crippen LogP contribution in [0, 0.1) is 0 Å². The van der Waals surface area contributed by atoms with E-state index in [0.717, 1.165) is 0 Å². The number of hydrogen-bond acceptors (Lipinski definition) is 5. The fraction of sp³-hybridized carbons (Fsp3) is 0.125. The van der Waals surface area contributed by atoms with Crippen LogP contribution in [0.1, 0.15) is 34.6 Å². The molecule has 2 N–H and O–H groups in total. The molecule has 5 heteroatoms. The average Bonchev–Trinajstić information content (AvgIpc) is 2.46. The number of carbonyl (C=O) groups excluding carboxylic acids is 2. The number of anilines is 1. The third-order valence-corrected chi connectivity index (χ3v) is 2.94. The van der Waals surface area contributed by atoms with Crippen molar-refractivity contribution in [2.24, 2.45) is 10.2 Å². The zero-order valence-corrected chi connectivity index (χ0v) is 11.8. The number of hydrogen-bond donors (Lipinski definition) is 1. The highest BCUT2D eigenvalue weighted by Gasteiger charge is 2.15. The third-order valence-electron chi connectivity index (χ3n) is 2.94. The quantitative estimate of drug-likeness (QED) is 0.520. The summed E-state index contributed by atoms with van der Waals surface area (Å²) in [6.45, 7) is 2.83. The summed E-state index contributed by atoms with van der Waals surface area (Å²) in [6, 6.07) is 11.8. The zero-order valence-electron chi connectivity index (χ0n) is 11.8. The molecule has 0 saturated carbocycles. The normalized spacial score (nSPS) is 10.8. The Bertz CT molecular complexity index is 719. The molecule has 2 aromatic rings. The SMILES string of the molecule is CC(=O)c1cccc(N=Nc2ccc(N)cc2)c1C(C)=O. The molecule has 2 rings (SSSR count). The Morgan fingerprint density at radius 3 is 2.14 bits per heavy atom. The fourth-order valence-corrected chi connectivity index (χ4v) is 1.94. The van der Waals surface area contributed by atoms with Gasteiger partial charge in [0, 0.05) is 11.3 Å². The third kappa shape index (κ3) is 3.39. The maximum atomic E-state index is 11.8. The summed E-state index contributed by atoms with van der Waals surface area (Å²) in [4.78, 5) is 23.4. The van der Waals surface area contributed by atoms with Crippen molar-refractivity contribution >= 4 is 28.6 Å².